The fourth-order valence-electron chi connectivity index (χ4n) is 3.22. The van der Waals surface area contributed by atoms with E-state index in [1.807, 2.05) is 12.1 Å². The summed E-state index contributed by atoms with van der Waals surface area (Å²) in [5.41, 5.74) is 1.69. The summed E-state index contributed by atoms with van der Waals surface area (Å²) in [4.78, 5) is 14.4. The van der Waals surface area contributed by atoms with E-state index in [9.17, 15) is 9.90 Å². The van der Waals surface area contributed by atoms with Crippen molar-refractivity contribution in [3.05, 3.63) is 41.5 Å². The van der Waals surface area contributed by atoms with Crippen LogP contribution < -0.4 is 18.9 Å². The Balaban J connectivity index is 1.97. The molecule has 1 N–H and O–H groups in total. The summed E-state index contributed by atoms with van der Waals surface area (Å²) in [5, 5.41) is 9.57. The molecule has 0 bridgehead atoms. The van der Waals surface area contributed by atoms with Crippen molar-refractivity contribution in [1.29, 1.82) is 0 Å². The average molecular weight is 405 g/mol. The Morgan fingerprint density at radius 2 is 1.71 bits per heavy atom. The van der Waals surface area contributed by atoms with Gasteiger partial charge in [0, 0.05) is 12.1 Å². The van der Waals surface area contributed by atoms with Crippen molar-refractivity contribution in [3.8, 4) is 28.7 Å². The van der Waals surface area contributed by atoms with E-state index in [2.05, 4.69) is 0 Å². The summed E-state index contributed by atoms with van der Waals surface area (Å²) in [6.07, 6.45) is 0. The van der Waals surface area contributed by atoms with Gasteiger partial charge in [0.1, 0.15) is 5.37 Å². The smallest absolute Gasteiger partial charge is 0.234 e. The number of thioether (sulfide) groups is 1. The first-order valence-corrected chi connectivity index (χ1v) is 9.64. The number of carbonyl (C=O) groups is 1. The summed E-state index contributed by atoms with van der Waals surface area (Å²) < 4.78 is 21.6. The number of methoxy groups -OCH3 is 4. The molecule has 1 amide bonds. The third-order valence-electron chi connectivity index (χ3n) is 4.57. The molecule has 150 valence electrons. The molecule has 2 aromatic carbocycles. The highest BCUT2D eigenvalue weighted by Gasteiger charge is 2.36. The van der Waals surface area contributed by atoms with Gasteiger partial charge in [-0.2, -0.15) is 0 Å². The van der Waals surface area contributed by atoms with Crippen LogP contribution in [-0.2, 0) is 11.3 Å². The zero-order valence-electron chi connectivity index (χ0n) is 16.2. The zero-order valence-corrected chi connectivity index (χ0v) is 17.0. The molecular weight excluding hydrogens is 382 g/mol. The van der Waals surface area contributed by atoms with Crippen molar-refractivity contribution in [3.63, 3.8) is 0 Å². The van der Waals surface area contributed by atoms with Gasteiger partial charge in [-0.25, -0.2) is 0 Å². The highest BCUT2D eigenvalue weighted by atomic mass is 32.2. The number of nitrogens with zero attached hydrogens (tertiary/aromatic N) is 1. The second kappa shape index (κ2) is 8.52. The predicted octanol–water partition coefficient (Wildman–Crippen LogP) is 3.20. The maximum Gasteiger partial charge on any atom is 0.234 e. The van der Waals surface area contributed by atoms with Gasteiger partial charge in [-0.05, 0) is 29.8 Å². The predicted molar refractivity (Wildman–Crippen MR) is 107 cm³/mol. The number of phenolic OH excluding ortho intramolecular Hbond substituents is 1. The van der Waals surface area contributed by atoms with Crippen molar-refractivity contribution in [2.75, 3.05) is 34.2 Å². The maximum absolute atomic E-state index is 12.6. The van der Waals surface area contributed by atoms with Gasteiger partial charge in [-0.3, -0.25) is 4.79 Å². The third kappa shape index (κ3) is 3.64. The third-order valence-corrected chi connectivity index (χ3v) is 5.80. The van der Waals surface area contributed by atoms with Gasteiger partial charge in [0.15, 0.2) is 23.0 Å². The molecule has 7 nitrogen and oxygen atoms in total. The first-order valence-electron chi connectivity index (χ1n) is 8.59. The number of carbonyl (C=O) groups excluding carboxylic acids is 1. The van der Waals surface area contributed by atoms with Crippen LogP contribution in [0.5, 0.6) is 28.7 Å². The molecule has 0 aromatic heterocycles. The van der Waals surface area contributed by atoms with Crippen LogP contribution in [0.1, 0.15) is 16.5 Å². The Morgan fingerprint density at radius 1 is 1.00 bits per heavy atom. The van der Waals surface area contributed by atoms with Crippen LogP contribution in [0.4, 0.5) is 0 Å². The maximum atomic E-state index is 12.6. The lowest BCUT2D eigenvalue weighted by atomic mass is 10.1. The van der Waals surface area contributed by atoms with Gasteiger partial charge < -0.3 is 29.0 Å². The normalized spacial score (nSPS) is 16.2. The molecule has 1 heterocycles. The van der Waals surface area contributed by atoms with Crippen LogP contribution in [-0.4, -0.2) is 50.1 Å². The topological polar surface area (TPSA) is 77.5 Å². The monoisotopic (exact) mass is 405 g/mol. The quantitative estimate of drug-likeness (QED) is 0.758. The number of ether oxygens (including phenoxy) is 4. The largest absolute Gasteiger partial charge is 0.504 e. The molecule has 0 radical (unpaired) electrons. The second-order valence-corrected chi connectivity index (χ2v) is 7.18. The van der Waals surface area contributed by atoms with Gasteiger partial charge in [-0.15, -0.1) is 11.8 Å². The number of benzene rings is 2. The van der Waals surface area contributed by atoms with Crippen molar-refractivity contribution >= 4 is 17.7 Å². The number of hydrogen-bond acceptors (Lipinski definition) is 7. The number of amides is 1. The number of rotatable bonds is 7. The summed E-state index contributed by atoms with van der Waals surface area (Å²) in [6, 6.07) is 8.77. The lowest BCUT2D eigenvalue weighted by Crippen LogP contribution is -2.28. The van der Waals surface area contributed by atoms with Gasteiger partial charge in [-0.1, -0.05) is 6.07 Å². The number of phenols is 1. The van der Waals surface area contributed by atoms with Gasteiger partial charge in [0.25, 0.3) is 0 Å². The molecule has 0 saturated carbocycles. The molecule has 1 atom stereocenters. The molecular formula is C20H23NO6S. The fraction of sp³-hybridized carbons (Fsp3) is 0.350. The number of hydrogen-bond donors (Lipinski definition) is 1. The van der Waals surface area contributed by atoms with Crippen LogP contribution in [0.3, 0.4) is 0 Å². The fourth-order valence-corrected chi connectivity index (χ4v) is 4.42. The van der Waals surface area contributed by atoms with Gasteiger partial charge in [0.05, 0.1) is 34.2 Å². The van der Waals surface area contributed by atoms with Crippen LogP contribution in [0.15, 0.2) is 30.3 Å². The summed E-state index contributed by atoms with van der Waals surface area (Å²) >= 11 is 1.53. The lowest BCUT2D eigenvalue weighted by molar-refractivity contribution is -0.128. The van der Waals surface area contributed by atoms with E-state index >= 15 is 0 Å². The van der Waals surface area contributed by atoms with E-state index in [1.54, 1.807) is 44.4 Å². The molecule has 1 saturated heterocycles. The minimum absolute atomic E-state index is 0.0267. The molecule has 8 heteroatoms. The van der Waals surface area contributed by atoms with Gasteiger partial charge in [0.2, 0.25) is 11.7 Å². The Bertz CT molecular complexity index is 872. The molecule has 3 rings (SSSR count). The lowest BCUT2D eigenvalue weighted by Gasteiger charge is -2.27. The molecule has 2 aromatic rings. The highest BCUT2D eigenvalue weighted by molar-refractivity contribution is 8.00. The van der Waals surface area contributed by atoms with Crippen LogP contribution >= 0.6 is 11.8 Å². The SMILES string of the molecule is COc1cc(CN2C(=O)CSC2c2ccc(OC)c(OC)c2OC)ccc1O. The minimum Gasteiger partial charge on any atom is -0.504 e. The summed E-state index contributed by atoms with van der Waals surface area (Å²) in [5.74, 6) is 2.43. The van der Waals surface area contributed by atoms with E-state index in [0.29, 0.717) is 35.3 Å². The number of aromatic hydroxyl groups is 1. The minimum atomic E-state index is -0.234. The Morgan fingerprint density at radius 3 is 2.36 bits per heavy atom. The van der Waals surface area contributed by atoms with Crippen molar-refractivity contribution in [2.45, 2.75) is 11.9 Å². The van der Waals surface area contributed by atoms with E-state index in [1.165, 1.54) is 18.9 Å². The first-order chi connectivity index (χ1) is 13.5. The molecule has 28 heavy (non-hydrogen) atoms. The summed E-state index contributed by atoms with van der Waals surface area (Å²) in [6.45, 7) is 0.380. The van der Waals surface area contributed by atoms with Crippen LogP contribution in [0, 0.1) is 0 Å². The molecule has 0 aliphatic carbocycles. The van der Waals surface area contributed by atoms with E-state index in [0.717, 1.165) is 11.1 Å². The highest BCUT2D eigenvalue weighted by Crippen LogP contribution is 2.49. The van der Waals surface area contributed by atoms with E-state index in [-0.39, 0.29) is 17.0 Å². The first kappa shape index (κ1) is 20.0. The molecule has 0 spiro atoms. The Kier molecular flexibility index (Phi) is 6.08. The van der Waals surface area contributed by atoms with E-state index in [4.69, 9.17) is 18.9 Å². The Hall–Kier alpha value is -2.74. The van der Waals surface area contributed by atoms with Crippen LogP contribution in [0.25, 0.3) is 0 Å². The summed E-state index contributed by atoms with van der Waals surface area (Å²) in [7, 11) is 6.18. The van der Waals surface area contributed by atoms with Crippen molar-refractivity contribution < 1.29 is 28.8 Å². The molecule has 1 unspecified atom stereocenters. The van der Waals surface area contributed by atoms with E-state index < -0.39 is 0 Å². The molecule has 1 aliphatic heterocycles. The van der Waals surface area contributed by atoms with Crippen molar-refractivity contribution in [1.82, 2.24) is 4.90 Å². The second-order valence-electron chi connectivity index (χ2n) is 6.11. The Labute approximate surface area is 168 Å². The zero-order chi connectivity index (χ0) is 20.3. The van der Waals surface area contributed by atoms with Gasteiger partial charge >= 0.3 is 0 Å². The average Bonchev–Trinajstić information content (AvgIpc) is 3.07. The molecule has 1 aliphatic rings. The van der Waals surface area contributed by atoms with Crippen molar-refractivity contribution in [2.24, 2.45) is 0 Å². The van der Waals surface area contributed by atoms with Crippen LogP contribution in [0.2, 0.25) is 0 Å². The standard InChI is InChI=1S/C20H23NO6S/c1-24-15-8-6-13(18(26-3)19(15)27-4)20-21(17(23)11-28-20)10-12-5-7-14(22)16(9-12)25-2/h5-9,20,22H,10-11H2,1-4H3. The molecule has 1 fully saturated rings.